The molecule has 0 saturated heterocycles. The average molecular weight is 1860 g/mol. The Kier molecular flexibility index (Phi) is 31.3. The van der Waals surface area contributed by atoms with Gasteiger partial charge in [0.2, 0.25) is 0 Å². The van der Waals surface area contributed by atoms with Crippen molar-refractivity contribution in [3.8, 4) is 206 Å². The largest absolute Gasteiger partial charge is 0.508 e. The number of carboxylic acid groups (broad SMARTS) is 9. The van der Waals surface area contributed by atoms with Crippen LogP contribution in [-0.2, 0) is 43.2 Å². The van der Waals surface area contributed by atoms with Crippen LogP contribution in [0.5, 0.6) is 103 Å². The second kappa shape index (κ2) is 42.7. The second-order valence-electron chi connectivity index (χ2n) is 28.9. The van der Waals surface area contributed by atoms with Gasteiger partial charge < -0.3 is 135 Å². The standard InChI is InChI=1S/C33H31N3O14.C30H27N3O12.C27H23N3O10/c1-14(30(39)40)47-18-5-8-21(24(37)11-18)27-34-28(22-9-6-19(12-25(22)38)48-15(2)31(41)42)36-29(35-27)23-10-7-20(49-16(3)32(43)44)13-26(23)50-17(4)33(45)46;1-13(28(37)38)43-16-4-7-19(22(34)10-16)25-31-26(20-8-5-17(11-23(20)35)44-14(2)29(39)40)33-27(32-25)21-9-6-18(12-24(21)36)45-15(3)30(41)42;1-12(26(35)36)39-15-4-7-18(21(33)10-15)24-28-23(17-6-3-14(31)9-20(17)32)29-25(30-24)19-8-5-16(11-22(19)34)40-13(2)27(37)38/h5-17,37-38H,1-4H3,(H,39,40)(H,41,42)(H,43,44)(H,45,46);4-15,34-36H,1-3H3,(H,37,38)(H,39,40)(H,41,42);3-13,31-34H,1-2H3,(H,35,36)(H,37,38). The molecule has 0 radical (unpaired) electrons. The maximum atomic E-state index is 11.7. The van der Waals surface area contributed by atoms with Crippen LogP contribution in [0.3, 0.4) is 0 Å². The van der Waals surface area contributed by atoms with E-state index in [1.807, 2.05) is 0 Å². The molecule has 18 N–H and O–H groups in total. The number of aromatic nitrogens is 9. The molecule has 3 aromatic heterocycles. The lowest BCUT2D eigenvalue weighted by Crippen LogP contribution is -2.24. The van der Waals surface area contributed by atoms with Crippen molar-refractivity contribution in [1.82, 2.24) is 44.9 Å². The summed E-state index contributed by atoms with van der Waals surface area (Å²) in [7, 11) is 0. The molecule has 0 aliphatic rings. The smallest absolute Gasteiger partial charge is 0.344 e. The summed E-state index contributed by atoms with van der Waals surface area (Å²) in [6.45, 7) is 11.7. The molecule has 45 heteroatoms. The molecule has 702 valence electrons. The Morgan fingerprint density at radius 1 is 0.185 bits per heavy atom. The van der Waals surface area contributed by atoms with Gasteiger partial charge in [-0.2, -0.15) is 0 Å². The predicted molar refractivity (Wildman–Crippen MR) is 463 cm³/mol. The van der Waals surface area contributed by atoms with Crippen molar-refractivity contribution in [1.29, 1.82) is 0 Å². The first-order valence-electron chi connectivity index (χ1n) is 39.5. The van der Waals surface area contributed by atoms with Crippen LogP contribution in [0, 0.1) is 0 Å². The summed E-state index contributed by atoms with van der Waals surface area (Å²) in [5, 5.41) is 178. The van der Waals surface area contributed by atoms with Crippen molar-refractivity contribution in [2.24, 2.45) is 0 Å². The third-order valence-corrected chi connectivity index (χ3v) is 18.7. The third kappa shape index (κ3) is 25.4. The molecule has 0 fully saturated rings. The quantitative estimate of drug-likeness (QED) is 0.0173. The zero-order valence-corrected chi connectivity index (χ0v) is 71.7. The van der Waals surface area contributed by atoms with Crippen LogP contribution in [0.2, 0.25) is 0 Å². The number of aliphatic carboxylic acids is 9. The number of hydrogen-bond donors (Lipinski definition) is 18. The van der Waals surface area contributed by atoms with Crippen LogP contribution in [0.1, 0.15) is 62.3 Å². The Bertz CT molecular complexity index is 6160. The molecule has 9 aromatic carbocycles. The minimum atomic E-state index is -1.41. The lowest BCUT2D eigenvalue weighted by atomic mass is 10.1. The van der Waals surface area contributed by atoms with Gasteiger partial charge >= 0.3 is 53.7 Å². The van der Waals surface area contributed by atoms with E-state index in [9.17, 15) is 110 Å². The van der Waals surface area contributed by atoms with Gasteiger partial charge in [0.1, 0.15) is 103 Å². The zero-order valence-electron chi connectivity index (χ0n) is 71.7. The van der Waals surface area contributed by atoms with Gasteiger partial charge in [0.05, 0.1) is 50.1 Å². The minimum absolute atomic E-state index is 0.0107. The summed E-state index contributed by atoms with van der Waals surface area (Å²) in [6, 6.07) is 35.2. The molecule has 0 amide bonds. The number of carbonyl (C=O) groups is 9. The van der Waals surface area contributed by atoms with Crippen LogP contribution < -0.4 is 42.6 Å². The van der Waals surface area contributed by atoms with Crippen LogP contribution >= 0.6 is 0 Å². The molecule has 9 unspecified atom stereocenters. The molecule has 0 saturated carbocycles. The van der Waals surface area contributed by atoms with Gasteiger partial charge in [-0.25, -0.2) is 88.0 Å². The van der Waals surface area contributed by atoms with Crippen molar-refractivity contribution < 1.29 is 178 Å². The number of nitrogens with zero attached hydrogens (tertiary/aromatic N) is 9. The molecule has 0 aliphatic carbocycles. The van der Waals surface area contributed by atoms with E-state index in [1.54, 1.807) is 0 Å². The molecule has 0 spiro atoms. The fourth-order valence-corrected chi connectivity index (χ4v) is 11.5. The molecular weight excluding hydrogens is 1780 g/mol. The molecule has 0 aliphatic heterocycles. The molecule has 0 bridgehead atoms. The van der Waals surface area contributed by atoms with E-state index in [2.05, 4.69) is 44.9 Å². The number of hydrogen-bond acceptors (Lipinski definition) is 36. The Balaban J connectivity index is 0.000000211. The van der Waals surface area contributed by atoms with Gasteiger partial charge in [0, 0.05) is 54.6 Å². The van der Waals surface area contributed by atoms with Crippen LogP contribution in [0.15, 0.2) is 164 Å². The lowest BCUT2D eigenvalue weighted by Gasteiger charge is -2.18. The summed E-state index contributed by atoms with van der Waals surface area (Å²) >= 11 is 0. The number of carboxylic acids is 9. The van der Waals surface area contributed by atoms with Crippen molar-refractivity contribution in [2.75, 3.05) is 0 Å². The molecule has 135 heavy (non-hydrogen) atoms. The summed E-state index contributed by atoms with van der Waals surface area (Å²) in [4.78, 5) is 141. The first kappa shape index (κ1) is 98.8. The Labute approximate surface area is 760 Å². The normalized spacial score (nSPS) is 12.9. The van der Waals surface area contributed by atoms with Crippen molar-refractivity contribution >= 4 is 53.7 Å². The lowest BCUT2D eigenvalue weighted by molar-refractivity contribution is -0.145. The maximum Gasteiger partial charge on any atom is 0.344 e. The van der Waals surface area contributed by atoms with Crippen LogP contribution in [0.25, 0.3) is 102 Å². The van der Waals surface area contributed by atoms with E-state index >= 15 is 0 Å². The molecule has 3 heterocycles. The average Bonchev–Trinajstić information content (AvgIpc) is 0.781. The summed E-state index contributed by atoms with van der Waals surface area (Å²) in [6.07, 6.45) is -11.1. The fourth-order valence-electron chi connectivity index (χ4n) is 11.5. The van der Waals surface area contributed by atoms with Gasteiger partial charge in [-0.1, -0.05) is 0 Å². The molecule has 12 rings (SSSR count). The fraction of sp³-hybridized carbons (Fsp3) is 0.200. The van der Waals surface area contributed by atoms with E-state index in [0.717, 1.165) is 18.2 Å². The van der Waals surface area contributed by atoms with Crippen LogP contribution in [0.4, 0.5) is 0 Å². The monoisotopic (exact) mass is 1860 g/mol. The van der Waals surface area contributed by atoms with Gasteiger partial charge in [-0.3, -0.25) is 0 Å². The number of benzene rings is 9. The molecule has 9 atom stereocenters. The first-order chi connectivity index (χ1) is 63.7. The number of ether oxygens (including phenoxy) is 9. The Morgan fingerprint density at radius 3 is 0.474 bits per heavy atom. The van der Waals surface area contributed by atoms with Crippen LogP contribution in [-0.4, -0.2) is 245 Å². The second-order valence-corrected chi connectivity index (χ2v) is 28.9. The predicted octanol–water partition coefficient (Wildman–Crippen LogP) is 10.6. The van der Waals surface area contributed by atoms with E-state index in [4.69, 9.17) is 68.2 Å². The van der Waals surface area contributed by atoms with Gasteiger partial charge in [-0.15, -0.1) is 0 Å². The van der Waals surface area contributed by atoms with E-state index in [-0.39, 0.29) is 194 Å². The highest BCUT2D eigenvalue weighted by Gasteiger charge is 2.30. The van der Waals surface area contributed by atoms with Crippen molar-refractivity contribution in [3.63, 3.8) is 0 Å². The van der Waals surface area contributed by atoms with Crippen molar-refractivity contribution in [2.45, 2.75) is 117 Å². The third-order valence-electron chi connectivity index (χ3n) is 18.7. The first-order valence-corrected chi connectivity index (χ1v) is 39.5. The Hall–Kier alpha value is -18.4. The van der Waals surface area contributed by atoms with Gasteiger partial charge in [0.15, 0.2) is 107 Å². The van der Waals surface area contributed by atoms with Gasteiger partial charge in [-0.05, 0) is 172 Å². The SMILES string of the molecule is CC(Oc1ccc(-c2nc(-c3ccc(O)cc3O)nc(-c3ccc(OC(C)C(=O)O)cc3O)n2)c(O)c1)C(=O)O.CC(Oc1ccc(-c2nc(-c3ccc(OC(C)C(=O)O)cc3O)nc(-c3ccc(OC(C)C(=O)O)cc3O)n2)c(O)c1)C(=O)O.CC(Oc1ccc(-c2nc(-c3ccc(OC(C)C(=O)O)cc3O)nc(-c3ccc(OC(C)C(=O)O)cc3OC(C)C(=O)O)n2)c(O)c1)C(=O)O. The maximum absolute atomic E-state index is 11.7. The highest BCUT2D eigenvalue weighted by molar-refractivity contribution is 5.83. The molecule has 45 nitrogen and oxygen atoms in total. The summed E-state index contributed by atoms with van der Waals surface area (Å²) in [5.41, 5.74) is 0.545. The number of phenols is 9. The molecule has 12 aromatic rings. The number of aromatic hydroxyl groups is 9. The highest BCUT2D eigenvalue weighted by Crippen LogP contribution is 2.44. The topological polar surface area (TPSA) is 717 Å². The minimum Gasteiger partial charge on any atom is -0.508 e. The number of phenolic OH excluding ortho intramolecular Hbond substituents is 9. The molecular formula is C90H81N9O36. The Morgan fingerprint density at radius 2 is 0.319 bits per heavy atom. The zero-order chi connectivity index (χ0) is 99.0. The summed E-state index contributed by atoms with van der Waals surface area (Å²) in [5.74, 6) is -15.3. The van der Waals surface area contributed by atoms with Gasteiger partial charge in [0.25, 0.3) is 0 Å². The van der Waals surface area contributed by atoms with E-state index in [0.29, 0.717) is 0 Å². The highest BCUT2D eigenvalue weighted by atomic mass is 16.6. The summed E-state index contributed by atoms with van der Waals surface area (Å²) < 4.78 is 48.2. The van der Waals surface area contributed by atoms with E-state index < -0.39 is 120 Å². The van der Waals surface area contributed by atoms with E-state index in [1.165, 1.54) is 208 Å². The number of rotatable bonds is 36. The van der Waals surface area contributed by atoms with Crippen molar-refractivity contribution in [3.05, 3.63) is 164 Å².